The van der Waals surface area contributed by atoms with E-state index in [1.807, 2.05) is 35.4 Å². The van der Waals surface area contributed by atoms with Gasteiger partial charge in [0, 0.05) is 56.7 Å². The molecular formula is C22H27N5O2. The number of amides is 3. The molecule has 0 saturated carbocycles. The highest BCUT2D eigenvalue weighted by atomic mass is 16.2. The molecule has 2 aromatic rings. The number of pyridine rings is 1. The van der Waals surface area contributed by atoms with Crippen molar-refractivity contribution in [3.8, 4) is 0 Å². The van der Waals surface area contributed by atoms with Crippen LogP contribution in [0.5, 0.6) is 0 Å². The van der Waals surface area contributed by atoms with Crippen LogP contribution in [0.25, 0.3) is 0 Å². The molecule has 2 aliphatic rings. The van der Waals surface area contributed by atoms with E-state index >= 15 is 0 Å². The summed E-state index contributed by atoms with van der Waals surface area (Å²) in [6.45, 7) is 8.43. The standard InChI is InChI=1S/C22H27N5O2/c1-3-17-14-16(2)20(24-15-17)25-10-12-26(13-11-25)21(28)18-4-6-19(7-5-18)27-9-8-23-22(27)29/h4-7,14-15H,3,8-13H2,1-2H3,(H,23,29). The minimum atomic E-state index is -0.0870. The van der Waals surface area contributed by atoms with Crippen LogP contribution in [-0.2, 0) is 6.42 Å². The van der Waals surface area contributed by atoms with Gasteiger partial charge in [-0.05, 0) is 48.7 Å². The maximum absolute atomic E-state index is 12.9. The summed E-state index contributed by atoms with van der Waals surface area (Å²) in [4.78, 5) is 35.1. The van der Waals surface area contributed by atoms with Crippen LogP contribution in [-0.4, -0.2) is 61.1 Å². The van der Waals surface area contributed by atoms with Crippen molar-refractivity contribution in [3.05, 3.63) is 53.2 Å². The summed E-state index contributed by atoms with van der Waals surface area (Å²) < 4.78 is 0. The zero-order chi connectivity index (χ0) is 20.4. The Morgan fingerprint density at radius 2 is 1.83 bits per heavy atom. The molecule has 29 heavy (non-hydrogen) atoms. The first-order valence-electron chi connectivity index (χ1n) is 10.2. The molecule has 0 spiro atoms. The number of piperazine rings is 1. The molecule has 3 heterocycles. The molecule has 7 nitrogen and oxygen atoms in total. The Hall–Kier alpha value is -3.09. The van der Waals surface area contributed by atoms with E-state index in [-0.39, 0.29) is 11.9 Å². The fourth-order valence-electron chi connectivity index (χ4n) is 3.96. The van der Waals surface area contributed by atoms with Crippen LogP contribution < -0.4 is 15.1 Å². The van der Waals surface area contributed by atoms with Crippen molar-refractivity contribution >= 4 is 23.4 Å². The van der Waals surface area contributed by atoms with Gasteiger partial charge in [0.25, 0.3) is 5.91 Å². The van der Waals surface area contributed by atoms with Crippen molar-refractivity contribution in [2.45, 2.75) is 20.3 Å². The number of hydrogen-bond acceptors (Lipinski definition) is 4. The zero-order valence-electron chi connectivity index (χ0n) is 17.0. The molecule has 0 radical (unpaired) electrons. The van der Waals surface area contributed by atoms with E-state index in [0.29, 0.717) is 31.7 Å². The number of nitrogens with zero attached hydrogens (tertiary/aromatic N) is 4. The van der Waals surface area contributed by atoms with Crippen LogP contribution in [0, 0.1) is 6.92 Å². The highest BCUT2D eigenvalue weighted by molar-refractivity contribution is 5.97. The number of anilines is 2. The molecule has 4 rings (SSSR count). The highest BCUT2D eigenvalue weighted by Gasteiger charge is 2.25. The number of aryl methyl sites for hydroxylation is 2. The lowest BCUT2D eigenvalue weighted by Crippen LogP contribution is -2.49. The molecule has 0 aliphatic carbocycles. The third kappa shape index (κ3) is 3.90. The summed E-state index contributed by atoms with van der Waals surface area (Å²) in [5, 5.41) is 2.79. The summed E-state index contributed by atoms with van der Waals surface area (Å²) in [5.74, 6) is 1.05. The molecular weight excluding hydrogens is 366 g/mol. The number of urea groups is 1. The Morgan fingerprint density at radius 1 is 1.10 bits per heavy atom. The van der Waals surface area contributed by atoms with E-state index < -0.39 is 0 Å². The summed E-state index contributed by atoms with van der Waals surface area (Å²) >= 11 is 0. The van der Waals surface area contributed by atoms with Gasteiger partial charge in [-0.15, -0.1) is 0 Å². The topological polar surface area (TPSA) is 68.8 Å². The van der Waals surface area contributed by atoms with Gasteiger partial charge in [-0.3, -0.25) is 9.69 Å². The van der Waals surface area contributed by atoms with Crippen LogP contribution in [0.3, 0.4) is 0 Å². The number of rotatable bonds is 4. The lowest BCUT2D eigenvalue weighted by atomic mass is 10.1. The third-order valence-electron chi connectivity index (χ3n) is 5.66. The zero-order valence-corrected chi connectivity index (χ0v) is 17.0. The van der Waals surface area contributed by atoms with Gasteiger partial charge in [0.05, 0.1) is 0 Å². The van der Waals surface area contributed by atoms with Crippen LogP contribution >= 0.6 is 0 Å². The van der Waals surface area contributed by atoms with Gasteiger partial charge in [-0.25, -0.2) is 9.78 Å². The SMILES string of the molecule is CCc1cnc(N2CCN(C(=O)c3ccc(N4CCNC4=O)cc3)CC2)c(C)c1. The van der Waals surface area contributed by atoms with Crippen LogP contribution in [0.15, 0.2) is 36.5 Å². The van der Waals surface area contributed by atoms with Gasteiger partial charge in [-0.2, -0.15) is 0 Å². The third-order valence-corrected chi connectivity index (χ3v) is 5.66. The smallest absolute Gasteiger partial charge is 0.321 e. The van der Waals surface area contributed by atoms with E-state index in [0.717, 1.165) is 31.0 Å². The monoisotopic (exact) mass is 393 g/mol. The normalized spacial score (nSPS) is 16.9. The van der Waals surface area contributed by atoms with E-state index in [9.17, 15) is 9.59 Å². The summed E-state index contributed by atoms with van der Waals surface area (Å²) in [5.41, 5.74) is 3.91. The van der Waals surface area contributed by atoms with E-state index in [2.05, 4.69) is 35.1 Å². The quantitative estimate of drug-likeness (QED) is 0.866. The molecule has 7 heteroatoms. The molecule has 3 amide bonds. The van der Waals surface area contributed by atoms with Crippen LogP contribution in [0.1, 0.15) is 28.4 Å². The van der Waals surface area contributed by atoms with Gasteiger partial charge in [-0.1, -0.05) is 13.0 Å². The highest BCUT2D eigenvalue weighted by Crippen LogP contribution is 2.22. The molecule has 2 aliphatic heterocycles. The van der Waals surface area contributed by atoms with Crippen LogP contribution in [0.4, 0.5) is 16.3 Å². The molecule has 1 N–H and O–H groups in total. The average Bonchev–Trinajstić information content (AvgIpc) is 3.19. The Balaban J connectivity index is 1.38. The van der Waals surface area contributed by atoms with Crippen molar-refractivity contribution in [2.24, 2.45) is 0 Å². The second-order valence-corrected chi connectivity index (χ2v) is 7.55. The Bertz CT molecular complexity index is 904. The fraction of sp³-hybridized carbons (Fsp3) is 0.409. The van der Waals surface area contributed by atoms with Gasteiger partial charge in [0.1, 0.15) is 5.82 Å². The van der Waals surface area contributed by atoms with E-state index in [4.69, 9.17) is 0 Å². The van der Waals surface area contributed by atoms with E-state index in [1.54, 1.807) is 4.90 Å². The number of benzene rings is 1. The summed E-state index contributed by atoms with van der Waals surface area (Å²) in [6, 6.07) is 9.42. The van der Waals surface area contributed by atoms with Gasteiger partial charge in [0.15, 0.2) is 0 Å². The maximum Gasteiger partial charge on any atom is 0.321 e. The van der Waals surface area contributed by atoms with Gasteiger partial charge < -0.3 is 15.1 Å². The summed E-state index contributed by atoms with van der Waals surface area (Å²) in [6.07, 6.45) is 2.93. The molecule has 2 saturated heterocycles. The average molecular weight is 393 g/mol. The minimum Gasteiger partial charge on any atom is -0.353 e. The number of carbonyl (C=O) groups excluding carboxylic acids is 2. The Kier molecular flexibility index (Phi) is 5.38. The maximum atomic E-state index is 12.9. The van der Waals surface area contributed by atoms with Crippen molar-refractivity contribution in [1.82, 2.24) is 15.2 Å². The lowest BCUT2D eigenvalue weighted by molar-refractivity contribution is 0.0746. The van der Waals surface area contributed by atoms with Crippen LogP contribution in [0.2, 0.25) is 0 Å². The number of nitrogens with one attached hydrogen (secondary N) is 1. The Morgan fingerprint density at radius 3 is 2.41 bits per heavy atom. The fourth-order valence-corrected chi connectivity index (χ4v) is 3.96. The van der Waals surface area contributed by atoms with Crippen molar-refractivity contribution < 1.29 is 9.59 Å². The number of hydrogen-bond donors (Lipinski definition) is 1. The molecule has 0 bridgehead atoms. The number of carbonyl (C=O) groups is 2. The first-order valence-corrected chi connectivity index (χ1v) is 10.2. The summed E-state index contributed by atoms with van der Waals surface area (Å²) in [7, 11) is 0. The minimum absolute atomic E-state index is 0.0353. The van der Waals surface area contributed by atoms with E-state index in [1.165, 1.54) is 11.1 Å². The van der Waals surface area contributed by atoms with Crippen molar-refractivity contribution in [3.63, 3.8) is 0 Å². The lowest BCUT2D eigenvalue weighted by Gasteiger charge is -2.36. The van der Waals surface area contributed by atoms with Gasteiger partial charge in [0.2, 0.25) is 0 Å². The first kappa shape index (κ1) is 19.2. The predicted octanol–water partition coefficient (Wildman–Crippen LogP) is 2.44. The van der Waals surface area contributed by atoms with Crippen molar-refractivity contribution in [2.75, 3.05) is 49.1 Å². The Labute approximate surface area is 171 Å². The molecule has 2 fully saturated rings. The van der Waals surface area contributed by atoms with Gasteiger partial charge >= 0.3 is 6.03 Å². The van der Waals surface area contributed by atoms with Crippen molar-refractivity contribution in [1.29, 1.82) is 0 Å². The largest absolute Gasteiger partial charge is 0.353 e. The molecule has 0 unspecified atom stereocenters. The molecule has 1 aromatic heterocycles. The predicted molar refractivity (Wildman–Crippen MR) is 114 cm³/mol. The molecule has 1 aromatic carbocycles. The second kappa shape index (κ2) is 8.11. The number of aromatic nitrogens is 1. The molecule has 0 atom stereocenters. The second-order valence-electron chi connectivity index (χ2n) is 7.55. The first-order chi connectivity index (χ1) is 14.1. The molecule has 152 valence electrons.